The summed E-state index contributed by atoms with van der Waals surface area (Å²) in [7, 11) is -8.26. The van der Waals surface area contributed by atoms with Crippen LogP contribution in [0.15, 0.2) is 70.8 Å². The Labute approximate surface area is 295 Å². The van der Waals surface area contributed by atoms with Gasteiger partial charge in [0.2, 0.25) is 5.16 Å². The van der Waals surface area contributed by atoms with Crippen molar-refractivity contribution < 1.29 is 26.0 Å². The summed E-state index contributed by atoms with van der Waals surface area (Å²) in [6.45, 7) is 13.3. The van der Waals surface area contributed by atoms with Crippen molar-refractivity contribution in [3.8, 4) is 22.7 Å². The van der Waals surface area contributed by atoms with Gasteiger partial charge in [-0.3, -0.25) is 8.76 Å². The third-order valence-corrected chi connectivity index (χ3v) is 17.2. The van der Waals surface area contributed by atoms with Crippen molar-refractivity contribution >= 4 is 56.5 Å². The number of fused-ring (bicyclic) bond motifs is 2. The molecule has 0 saturated heterocycles. The van der Waals surface area contributed by atoms with Gasteiger partial charge in [-0.1, -0.05) is 83.9 Å². The number of anilines is 1. The maximum atomic E-state index is 16.7. The first-order chi connectivity index (χ1) is 23.6. The molecule has 0 aliphatic carbocycles. The molecule has 8 nitrogen and oxygen atoms in total. The van der Waals surface area contributed by atoms with E-state index in [0.29, 0.717) is 44.9 Å². The number of hydrogen-bond acceptors (Lipinski definition) is 7. The van der Waals surface area contributed by atoms with Gasteiger partial charge in [-0.2, -0.15) is 8.42 Å². The molecular formula is C37H40F2N4O4S2Si. The highest BCUT2D eigenvalue weighted by Crippen LogP contribution is 2.42. The van der Waals surface area contributed by atoms with Crippen LogP contribution in [0, 0.1) is 23.1 Å². The van der Waals surface area contributed by atoms with E-state index < -0.39 is 40.6 Å². The van der Waals surface area contributed by atoms with Crippen LogP contribution in [0.2, 0.25) is 16.6 Å². The zero-order chi connectivity index (χ0) is 36.5. The Morgan fingerprint density at radius 3 is 2.28 bits per heavy atom. The van der Waals surface area contributed by atoms with Gasteiger partial charge in [0.15, 0.2) is 5.82 Å². The lowest BCUT2D eigenvalue weighted by atomic mass is 9.96. The molecule has 0 saturated carbocycles. The van der Waals surface area contributed by atoms with Crippen LogP contribution in [0.25, 0.3) is 32.9 Å². The zero-order valence-electron chi connectivity index (χ0n) is 29.0. The third kappa shape index (κ3) is 7.21. The number of nitrogens with one attached hydrogen (secondary N) is 1. The normalized spacial score (nSPS) is 12.9. The van der Waals surface area contributed by atoms with E-state index in [-0.39, 0.29) is 44.6 Å². The lowest BCUT2D eigenvalue weighted by Crippen LogP contribution is -2.43. The molecule has 1 unspecified atom stereocenters. The molecule has 2 heterocycles. The predicted molar refractivity (Wildman–Crippen MR) is 199 cm³/mol. The number of aromatic nitrogens is 3. The summed E-state index contributed by atoms with van der Waals surface area (Å²) in [5.41, 5.74) is 5.45. The quantitative estimate of drug-likeness (QED) is 0.0636. The topological polar surface area (TPSA) is 122 Å². The number of rotatable bonds is 10. The summed E-state index contributed by atoms with van der Waals surface area (Å²) in [4.78, 5) is 13.0. The van der Waals surface area contributed by atoms with Gasteiger partial charge in [0.1, 0.15) is 30.9 Å². The summed E-state index contributed by atoms with van der Waals surface area (Å²) in [5, 5.41) is 4.45. The monoisotopic (exact) mass is 734 g/mol. The molecule has 0 fully saturated rings. The molecule has 3 aromatic carbocycles. The largest absolute Gasteiger partial charge is 0.369 e. The van der Waals surface area contributed by atoms with Crippen LogP contribution < -0.4 is 5.32 Å². The summed E-state index contributed by atoms with van der Waals surface area (Å²) < 4.78 is 77.7. The van der Waals surface area contributed by atoms with Crippen LogP contribution in [0.3, 0.4) is 0 Å². The van der Waals surface area contributed by atoms with Crippen molar-refractivity contribution in [2.45, 2.75) is 74.6 Å². The van der Waals surface area contributed by atoms with Crippen molar-refractivity contribution in [3.63, 3.8) is 0 Å². The fourth-order valence-electron chi connectivity index (χ4n) is 6.95. The van der Waals surface area contributed by atoms with Crippen LogP contribution in [0.4, 0.5) is 14.6 Å². The Kier molecular flexibility index (Phi) is 10.9. The second-order valence-electron chi connectivity index (χ2n) is 13.3. The van der Waals surface area contributed by atoms with Crippen molar-refractivity contribution in [2.75, 3.05) is 18.1 Å². The lowest BCUT2D eigenvalue weighted by Gasteiger charge is -2.38. The van der Waals surface area contributed by atoms with Crippen LogP contribution in [-0.2, 0) is 27.3 Å². The van der Waals surface area contributed by atoms with Gasteiger partial charge in [0.05, 0.1) is 26.6 Å². The van der Waals surface area contributed by atoms with E-state index in [0.717, 1.165) is 0 Å². The van der Waals surface area contributed by atoms with Gasteiger partial charge in [-0.05, 0) is 52.2 Å². The average Bonchev–Trinajstić information content (AvgIpc) is 3.05. The molecule has 0 spiro atoms. The first kappa shape index (κ1) is 37.2. The fraction of sp³-hybridized carbons (Fsp3) is 0.324. The van der Waals surface area contributed by atoms with E-state index in [1.54, 1.807) is 24.3 Å². The molecule has 0 amide bonds. The molecule has 5 aromatic rings. The van der Waals surface area contributed by atoms with E-state index in [1.165, 1.54) is 36.7 Å². The van der Waals surface area contributed by atoms with E-state index in [2.05, 4.69) is 68.3 Å². The SMILES string of the molecule is CC(C)[Si](C#Cc1c(F)ccc2cccc(-c3nc(NCCc4cccc(S(=O)(=O)O)c4)c4cnc(S(C)=O)nc4c3F)c12)(C(C)C)C(C)C. The molecule has 1 atom stereocenters. The van der Waals surface area contributed by atoms with Gasteiger partial charge in [0.25, 0.3) is 10.1 Å². The Hall–Kier alpha value is -4.09. The number of benzene rings is 3. The smallest absolute Gasteiger partial charge is 0.294 e. The third-order valence-electron chi connectivity index (χ3n) is 9.34. The Balaban J connectivity index is 1.71. The standard InChI is InChI=1S/C37H40F2N4O4S2Si/c1-22(2)50(23(3)4,24(5)6)19-17-28-31(38)15-14-26-11-9-13-29(32(26)28)34-33(39)35-30(21-41-37(43-35)48(7)44)36(42-34)40-18-16-25-10-8-12-27(20-25)49(45,46)47/h8-15,20-24H,16,18H2,1-7H3,(H,40,42)(H,45,46,47). The number of hydrogen-bond donors (Lipinski definition) is 2. The maximum absolute atomic E-state index is 16.7. The Bertz CT molecular complexity index is 2280. The minimum absolute atomic E-state index is 0.0607. The van der Waals surface area contributed by atoms with Crippen LogP contribution in [0.1, 0.15) is 52.7 Å². The Morgan fingerprint density at radius 2 is 1.64 bits per heavy atom. The summed E-state index contributed by atoms with van der Waals surface area (Å²) in [6, 6.07) is 14.2. The lowest BCUT2D eigenvalue weighted by molar-refractivity contribution is 0.483. The highest BCUT2D eigenvalue weighted by atomic mass is 32.2. The summed E-state index contributed by atoms with van der Waals surface area (Å²) >= 11 is 0. The predicted octanol–water partition coefficient (Wildman–Crippen LogP) is 8.33. The number of halogens is 2. The van der Waals surface area contributed by atoms with Crippen LogP contribution in [-0.4, -0.2) is 53.0 Å². The van der Waals surface area contributed by atoms with E-state index in [1.807, 2.05) is 6.07 Å². The van der Waals surface area contributed by atoms with E-state index >= 15 is 8.78 Å². The first-order valence-electron chi connectivity index (χ1n) is 16.3. The molecule has 0 radical (unpaired) electrons. The minimum atomic E-state index is -4.38. The van der Waals surface area contributed by atoms with E-state index in [9.17, 15) is 17.2 Å². The fourth-order valence-corrected chi connectivity index (χ4v) is 13.1. The molecule has 0 aliphatic rings. The van der Waals surface area contributed by atoms with Crippen molar-refractivity contribution in [1.29, 1.82) is 0 Å². The zero-order valence-corrected chi connectivity index (χ0v) is 31.6. The van der Waals surface area contributed by atoms with Crippen molar-refractivity contribution in [3.05, 3.63) is 83.6 Å². The van der Waals surface area contributed by atoms with Crippen molar-refractivity contribution in [1.82, 2.24) is 15.0 Å². The highest BCUT2D eigenvalue weighted by Gasteiger charge is 2.41. The molecule has 0 bridgehead atoms. The Morgan fingerprint density at radius 1 is 0.960 bits per heavy atom. The second kappa shape index (κ2) is 14.6. The maximum Gasteiger partial charge on any atom is 0.294 e. The van der Waals surface area contributed by atoms with Gasteiger partial charge >= 0.3 is 0 Å². The van der Waals surface area contributed by atoms with Gasteiger partial charge < -0.3 is 5.32 Å². The highest BCUT2D eigenvalue weighted by molar-refractivity contribution is 7.85. The van der Waals surface area contributed by atoms with Crippen LogP contribution in [0.5, 0.6) is 0 Å². The minimum Gasteiger partial charge on any atom is -0.369 e. The average molecular weight is 735 g/mol. The summed E-state index contributed by atoms with van der Waals surface area (Å²) in [5.74, 6) is 2.18. The number of nitrogens with zero attached hydrogens (tertiary/aromatic N) is 3. The van der Waals surface area contributed by atoms with Gasteiger partial charge in [-0.25, -0.2) is 23.7 Å². The van der Waals surface area contributed by atoms with Crippen molar-refractivity contribution in [2.24, 2.45) is 0 Å². The van der Waals surface area contributed by atoms with Gasteiger partial charge in [-0.15, -0.1) is 5.54 Å². The second-order valence-corrected chi connectivity index (χ2v) is 21.5. The molecular weight excluding hydrogens is 695 g/mol. The molecule has 2 N–H and O–H groups in total. The molecule has 262 valence electrons. The molecule has 5 rings (SSSR count). The van der Waals surface area contributed by atoms with Gasteiger partial charge in [0, 0.05) is 29.9 Å². The van der Waals surface area contributed by atoms with Crippen LogP contribution >= 0.6 is 0 Å². The molecule has 2 aromatic heterocycles. The number of pyridine rings is 1. The molecule has 13 heteroatoms. The molecule has 50 heavy (non-hydrogen) atoms. The summed E-state index contributed by atoms with van der Waals surface area (Å²) in [6.07, 6.45) is 3.08. The van der Waals surface area contributed by atoms with E-state index in [4.69, 9.17) is 4.98 Å². The first-order valence-corrected chi connectivity index (χ1v) is 21.5. The molecule has 0 aliphatic heterocycles.